The molecule has 3 fully saturated rings. The van der Waals surface area contributed by atoms with Crippen molar-refractivity contribution < 1.29 is 13.2 Å². The molecule has 0 radical (unpaired) electrons. The van der Waals surface area contributed by atoms with Crippen molar-refractivity contribution in [3.05, 3.63) is 48.3 Å². The van der Waals surface area contributed by atoms with Gasteiger partial charge in [-0.2, -0.15) is 13.5 Å². The first-order valence-corrected chi connectivity index (χ1v) is 14.4. The van der Waals surface area contributed by atoms with Crippen molar-refractivity contribution in [2.45, 2.75) is 43.0 Å². The van der Waals surface area contributed by atoms with Gasteiger partial charge in [0.2, 0.25) is 10.0 Å². The first-order valence-electron chi connectivity index (χ1n) is 12.9. The molecular formula is C26H34N6O3S2. The van der Waals surface area contributed by atoms with Crippen LogP contribution in [0.4, 0.5) is 5.82 Å². The molecule has 2 N–H and O–H groups in total. The maximum Gasteiger partial charge on any atom is 0.216 e. The van der Waals surface area contributed by atoms with Crippen LogP contribution >= 0.6 is 13.5 Å². The summed E-state index contributed by atoms with van der Waals surface area (Å²) in [5, 5.41) is 6.65. The Bertz CT molecular complexity index is 1320. The molecule has 0 unspecified atom stereocenters. The van der Waals surface area contributed by atoms with Crippen molar-refractivity contribution in [1.82, 2.24) is 24.6 Å². The molecule has 0 bridgehead atoms. The van der Waals surface area contributed by atoms with Crippen LogP contribution in [0.15, 0.2) is 42.7 Å². The summed E-state index contributed by atoms with van der Waals surface area (Å²) in [5.41, 5.74) is 4.64. The smallest absolute Gasteiger partial charge is 0.216 e. The van der Waals surface area contributed by atoms with Gasteiger partial charge in [0.15, 0.2) is 5.82 Å². The quantitative estimate of drug-likeness (QED) is 0.469. The van der Waals surface area contributed by atoms with E-state index in [2.05, 4.69) is 44.9 Å². The minimum absolute atomic E-state index is 0. The van der Waals surface area contributed by atoms with Gasteiger partial charge in [0.25, 0.3) is 0 Å². The van der Waals surface area contributed by atoms with Crippen LogP contribution < -0.4 is 10.6 Å². The summed E-state index contributed by atoms with van der Waals surface area (Å²) in [6.45, 7) is 4.28. The van der Waals surface area contributed by atoms with E-state index in [1.165, 1.54) is 5.56 Å². The molecule has 4 heterocycles. The Hall–Kier alpha value is -2.31. The minimum Gasteiger partial charge on any atom is -0.374 e. The van der Waals surface area contributed by atoms with Crippen LogP contribution in [0.2, 0.25) is 0 Å². The molecule has 2 aliphatic heterocycles. The molecule has 1 saturated carbocycles. The molecule has 11 heteroatoms. The molecule has 2 aromatic heterocycles. The number of pyridine rings is 1. The number of aromatic nitrogens is 3. The summed E-state index contributed by atoms with van der Waals surface area (Å²) in [5.74, 6) is 1.08. The monoisotopic (exact) mass is 542 g/mol. The highest BCUT2D eigenvalue weighted by Crippen LogP contribution is 2.36. The number of hydrogen-bond donors (Lipinski definition) is 2. The van der Waals surface area contributed by atoms with Gasteiger partial charge in [-0.1, -0.05) is 24.3 Å². The Morgan fingerprint density at radius 1 is 1.05 bits per heavy atom. The lowest BCUT2D eigenvalue weighted by Crippen LogP contribution is -2.42. The molecule has 2 saturated heterocycles. The van der Waals surface area contributed by atoms with Gasteiger partial charge in [0, 0.05) is 50.7 Å². The molecule has 0 amide bonds. The molecule has 37 heavy (non-hydrogen) atoms. The van der Waals surface area contributed by atoms with Crippen molar-refractivity contribution in [2.75, 3.05) is 44.6 Å². The lowest BCUT2D eigenvalue weighted by atomic mass is 9.89. The Kier molecular flexibility index (Phi) is 7.96. The van der Waals surface area contributed by atoms with E-state index in [0.717, 1.165) is 61.1 Å². The zero-order valence-electron chi connectivity index (χ0n) is 20.8. The molecule has 3 aromatic rings. The number of nitrogens with zero attached hydrogens (tertiary/aromatic N) is 4. The van der Waals surface area contributed by atoms with Crippen molar-refractivity contribution in [3.63, 3.8) is 0 Å². The number of ether oxygens (including phenoxy) is 1. The first-order chi connectivity index (χ1) is 17.6. The van der Waals surface area contributed by atoms with E-state index >= 15 is 0 Å². The first kappa shape index (κ1) is 26.3. The largest absolute Gasteiger partial charge is 0.374 e. The fourth-order valence-corrected chi connectivity index (χ4v) is 7.02. The van der Waals surface area contributed by atoms with Crippen molar-refractivity contribution >= 4 is 40.4 Å². The number of piperidine rings is 1. The van der Waals surface area contributed by atoms with Crippen molar-refractivity contribution in [3.8, 4) is 11.3 Å². The zero-order chi connectivity index (χ0) is 24.5. The van der Waals surface area contributed by atoms with Gasteiger partial charge in [-0.3, -0.25) is 4.98 Å². The van der Waals surface area contributed by atoms with Crippen LogP contribution in [0, 0.1) is 0 Å². The Morgan fingerprint density at radius 2 is 1.81 bits per heavy atom. The van der Waals surface area contributed by atoms with Gasteiger partial charge in [-0.15, -0.1) is 0 Å². The average Bonchev–Trinajstić information content (AvgIpc) is 3.79. The Labute approximate surface area is 224 Å². The highest BCUT2D eigenvalue weighted by molar-refractivity contribution is 7.90. The second-order valence-corrected chi connectivity index (χ2v) is 12.1. The van der Waals surface area contributed by atoms with Crippen molar-refractivity contribution in [1.29, 1.82) is 0 Å². The zero-order valence-corrected chi connectivity index (χ0v) is 22.6. The van der Waals surface area contributed by atoms with Gasteiger partial charge < -0.3 is 15.4 Å². The van der Waals surface area contributed by atoms with E-state index in [1.54, 1.807) is 16.7 Å². The Morgan fingerprint density at radius 3 is 2.51 bits per heavy atom. The highest BCUT2D eigenvalue weighted by Gasteiger charge is 2.41. The highest BCUT2D eigenvalue weighted by atomic mass is 32.2. The van der Waals surface area contributed by atoms with Crippen LogP contribution in [-0.4, -0.2) is 78.4 Å². The lowest BCUT2D eigenvalue weighted by Gasteiger charge is -2.31. The van der Waals surface area contributed by atoms with Crippen LogP contribution in [0.5, 0.6) is 0 Å². The van der Waals surface area contributed by atoms with E-state index in [-0.39, 0.29) is 24.8 Å². The van der Waals surface area contributed by atoms with Crippen molar-refractivity contribution in [2.24, 2.45) is 0 Å². The number of nitrogens with one attached hydrogen (secondary N) is 2. The van der Waals surface area contributed by atoms with E-state index in [0.29, 0.717) is 38.0 Å². The summed E-state index contributed by atoms with van der Waals surface area (Å²) in [4.78, 5) is 13.9. The maximum absolute atomic E-state index is 12.5. The van der Waals surface area contributed by atoms with Crippen LogP contribution in [0.3, 0.4) is 0 Å². The average molecular weight is 543 g/mol. The number of benzene rings is 1. The molecule has 1 atom stereocenters. The number of fused-ring (bicyclic) bond motifs is 1. The number of sulfonamides is 1. The number of hydrogen-bond acceptors (Lipinski definition) is 8. The maximum atomic E-state index is 12.5. The molecule has 198 valence electrons. The van der Waals surface area contributed by atoms with Gasteiger partial charge >= 0.3 is 0 Å². The molecule has 6 rings (SSSR count). The molecule has 1 aliphatic carbocycles. The Balaban J connectivity index is 0.00000280. The second-order valence-electron chi connectivity index (χ2n) is 9.90. The van der Waals surface area contributed by atoms with Crippen LogP contribution in [0.1, 0.15) is 37.2 Å². The third-order valence-corrected chi connectivity index (χ3v) is 9.79. The predicted molar refractivity (Wildman–Crippen MR) is 150 cm³/mol. The summed E-state index contributed by atoms with van der Waals surface area (Å²) in [7, 11) is -3.07. The van der Waals surface area contributed by atoms with E-state index < -0.39 is 10.0 Å². The summed E-state index contributed by atoms with van der Waals surface area (Å²) in [6, 6.07) is 10.5. The normalized spacial score (nSPS) is 21.5. The minimum atomic E-state index is -3.07. The van der Waals surface area contributed by atoms with E-state index in [9.17, 15) is 8.42 Å². The molecule has 1 aromatic carbocycles. The molecule has 3 aliphatic rings. The fourth-order valence-electron chi connectivity index (χ4n) is 5.15. The van der Waals surface area contributed by atoms with E-state index in [4.69, 9.17) is 9.72 Å². The number of morpholine rings is 1. The standard InChI is InChI=1S/C26H32N6O3S.H2S/c33-36(34,22-5-6-22)32-12-7-19(8-13-32)18-1-3-20(4-2-18)23-15-24-25(29-10-9-28-24)26(31-23)30-17-21-16-27-11-14-35-21;/h1-4,9-10,15,19,21-22,27H,5-8,11-14,16-17H2,(H,30,31);1H2/t21-;/m0./s1. The van der Waals surface area contributed by atoms with Gasteiger partial charge in [0.1, 0.15) is 5.52 Å². The summed E-state index contributed by atoms with van der Waals surface area (Å²) in [6.07, 6.45) is 6.83. The lowest BCUT2D eigenvalue weighted by molar-refractivity contribution is 0.0372. The second kappa shape index (κ2) is 11.2. The fraction of sp³-hybridized carbons (Fsp3) is 0.500. The summed E-state index contributed by atoms with van der Waals surface area (Å²) >= 11 is 0. The number of anilines is 1. The van der Waals surface area contributed by atoms with Crippen LogP contribution in [-0.2, 0) is 14.8 Å². The number of rotatable bonds is 7. The third kappa shape index (κ3) is 5.75. The topological polar surface area (TPSA) is 109 Å². The van der Waals surface area contributed by atoms with E-state index in [1.807, 2.05) is 6.07 Å². The van der Waals surface area contributed by atoms with Gasteiger partial charge in [0.05, 0.1) is 29.2 Å². The van der Waals surface area contributed by atoms with Crippen LogP contribution in [0.25, 0.3) is 22.3 Å². The predicted octanol–water partition coefficient (Wildman–Crippen LogP) is 2.88. The SMILES string of the molecule is O=S(=O)(C1CC1)N1CCC(c2ccc(-c3cc4nccnc4c(NC[C@@H]4CNCCO4)n3)cc2)CC1.S. The summed E-state index contributed by atoms with van der Waals surface area (Å²) < 4.78 is 32.6. The molecular weight excluding hydrogens is 508 g/mol. The molecule has 9 nitrogen and oxygen atoms in total. The molecule has 0 spiro atoms. The van der Waals surface area contributed by atoms with Gasteiger partial charge in [-0.25, -0.2) is 22.7 Å². The van der Waals surface area contributed by atoms with Gasteiger partial charge in [-0.05, 0) is 43.2 Å². The third-order valence-electron chi connectivity index (χ3n) is 7.40.